The van der Waals surface area contributed by atoms with Gasteiger partial charge in [0.05, 0.1) is 11.8 Å². The van der Waals surface area contributed by atoms with Crippen LogP contribution in [0.2, 0.25) is 0 Å². The van der Waals surface area contributed by atoms with Gasteiger partial charge in [-0.2, -0.15) is 5.10 Å². The molecule has 0 radical (unpaired) electrons. The Morgan fingerprint density at radius 1 is 1.56 bits per heavy atom. The second-order valence-corrected chi connectivity index (χ2v) is 5.02. The molecule has 0 aliphatic heterocycles. The van der Waals surface area contributed by atoms with Gasteiger partial charge in [-0.3, -0.25) is 9.89 Å². The summed E-state index contributed by atoms with van der Waals surface area (Å²) in [6.07, 6.45) is -0.560. The summed E-state index contributed by atoms with van der Waals surface area (Å²) in [4.78, 5) is 14.8. The summed E-state index contributed by atoms with van der Waals surface area (Å²) in [6.45, 7) is 1.42. The summed E-state index contributed by atoms with van der Waals surface area (Å²) >= 11 is 0.972. The zero-order valence-corrected chi connectivity index (χ0v) is 10.5. The van der Waals surface area contributed by atoms with Gasteiger partial charge in [0.15, 0.2) is 10.8 Å². The highest BCUT2D eigenvalue weighted by Crippen LogP contribution is 2.24. The molecule has 2 rings (SSSR count). The summed E-state index contributed by atoms with van der Waals surface area (Å²) < 4.78 is 0. The minimum Gasteiger partial charge on any atom is -0.389 e. The molecule has 2 atom stereocenters. The number of aromatic amines is 1. The van der Waals surface area contributed by atoms with Crippen LogP contribution >= 0.6 is 11.8 Å². The van der Waals surface area contributed by atoms with E-state index in [0.717, 1.165) is 11.8 Å². The zero-order chi connectivity index (χ0) is 13.1. The first kappa shape index (κ1) is 13.0. The van der Waals surface area contributed by atoms with Crippen molar-refractivity contribution in [2.75, 3.05) is 5.75 Å². The first-order valence-corrected chi connectivity index (χ1v) is 6.36. The van der Waals surface area contributed by atoms with Crippen LogP contribution in [0.15, 0.2) is 18.3 Å². The Morgan fingerprint density at radius 3 is 3.06 bits per heavy atom. The molecule has 3 N–H and O–H groups in total. The van der Waals surface area contributed by atoms with Crippen molar-refractivity contribution in [1.82, 2.24) is 15.2 Å². The molecule has 7 heteroatoms. The number of fused-ring (bicyclic) bond motifs is 1. The number of pyridine rings is 1. The fraction of sp³-hybridized carbons (Fsp3) is 0.364. The molecular formula is C11H13N3O3S. The van der Waals surface area contributed by atoms with Crippen LogP contribution in [0.1, 0.15) is 18.7 Å². The lowest BCUT2D eigenvalue weighted by Gasteiger charge is -2.15. The van der Waals surface area contributed by atoms with E-state index in [1.54, 1.807) is 18.3 Å². The second-order valence-electron chi connectivity index (χ2n) is 3.83. The van der Waals surface area contributed by atoms with E-state index in [0.29, 0.717) is 16.7 Å². The molecule has 0 aromatic carbocycles. The molecule has 0 amide bonds. The van der Waals surface area contributed by atoms with Crippen LogP contribution in [0, 0.1) is 0 Å². The number of aliphatic hydroxyl groups excluding tert-OH is 2. The monoisotopic (exact) mass is 267 g/mol. The summed E-state index contributed by atoms with van der Waals surface area (Å²) in [6, 6.07) is 3.49. The van der Waals surface area contributed by atoms with Crippen LogP contribution in [0.4, 0.5) is 0 Å². The predicted octanol–water partition coefficient (Wildman–Crippen LogP) is 0.632. The minimum absolute atomic E-state index is 0.0996. The Balaban J connectivity index is 2.17. The lowest BCUT2D eigenvalue weighted by Crippen LogP contribution is -2.21. The number of rotatable bonds is 4. The Morgan fingerprint density at radius 2 is 2.33 bits per heavy atom. The number of nitrogens with one attached hydrogen (secondary N) is 1. The largest absolute Gasteiger partial charge is 0.389 e. The SMILES string of the molecule is CC(=O)SCC(O)C(O)c1[nH]nc2ncccc12. The Hall–Kier alpha value is -1.44. The highest BCUT2D eigenvalue weighted by Gasteiger charge is 2.23. The van der Waals surface area contributed by atoms with Gasteiger partial charge < -0.3 is 10.2 Å². The number of nitrogens with zero attached hydrogens (tertiary/aromatic N) is 2. The molecule has 96 valence electrons. The van der Waals surface area contributed by atoms with E-state index in [1.165, 1.54) is 6.92 Å². The molecule has 0 aliphatic carbocycles. The molecule has 0 saturated carbocycles. The van der Waals surface area contributed by atoms with E-state index in [2.05, 4.69) is 15.2 Å². The number of aliphatic hydroxyl groups is 2. The molecule has 0 saturated heterocycles. The average molecular weight is 267 g/mol. The van der Waals surface area contributed by atoms with Crippen LogP contribution in [-0.4, -0.2) is 42.4 Å². The van der Waals surface area contributed by atoms with Crippen molar-refractivity contribution in [2.45, 2.75) is 19.1 Å². The smallest absolute Gasteiger partial charge is 0.185 e. The number of H-pyrrole nitrogens is 1. The van der Waals surface area contributed by atoms with Crippen molar-refractivity contribution < 1.29 is 15.0 Å². The average Bonchev–Trinajstić information content (AvgIpc) is 2.78. The third-order valence-electron chi connectivity index (χ3n) is 2.48. The summed E-state index contributed by atoms with van der Waals surface area (Å²) in [7, 11) is 0. The van der Waals surface area contributed by atoms with Crippen molar-refractivity contribution in [3.8, 4) is 0 Å². The molecule has 6 nitrogen and oxygen atoms in total. The number of hydrogen-bond acceptors (Lipinski definition) is 6. The fourth-order valence-corrected chi connectivity index (χ4v) is 2.17. The van der Waals surface area contributed by atoms with Gasteiger partial charge in [0.1, 0.15) is 6.10 Å². The van der Waals surface area contributed by atoms with Crippen LogP contribution in [0.3, 0.4) is 0 Å². The molecular weight excluding hydrogens is 254 g/mol. The number of aromatic nitrogens is 3. The molecule has 2 heterocycles. The predicted molar refractivity (Wildman–Crippen MR) is 68.0 cm³/mol. The number of carbonyl (C=O) groups is 1. The van der Waals surface area contributed by atoms with Crippen LogP contribution in [0.5, 0.6) is 0 Å². The second kappa shape index (κ2) is 5.47. The quantitative estimate of drug-likeness (QED) is 0.751. The first-order chi connectivity index (χ1) is 8.59. The fourth-order valence-electron chi connectivity index (χ4n) is 1.58. The molecule has 0 fully saturated rings. The van der Waals surface area contributed by atoms with E-state index in [-0.39, 0.29) is 10.9 Å². The van der Waals surface area contributed by atoms with Gasteiger partial charge in [-0.15, -0.1) is 0 Å². The van der Waals surface area contributed by atoms with Crippen molar-refractivity contribution in [3.05, 3.63) is 24.0 Å². The van der Waals surface area contributed by atoms with Crippen molar-refractivity contribution in [1.29, 1.82) is 0 Å². The number of thioether (sulfide) groups is 1. The van der Waals surface area contributed by atoms with E-state index in [4.69, 9.17) is 0 Å². The molecule has 0 aliphatic rings. The first-order valence-electron chi connectivity index (χ1n) is 5.38. The van der Waals surface area contributed by atoms with Crippen molar-refractivity contribution in [2.24, 2.45) is 0 Å². The van der Waals surface area contributed by atoms with Crippen LogP contribution in [0.25, 0.3) is 11.0 Å². The van der Waals surface area contributed by atoms with Gasteiger partial charge in [0.2, 0.25) is 0 Å². The van der Waals surface area contributed by atoms with Crippen molar-refractivity contribution >= 4 is 27.9 Å². The normalized spacial score (nSPS) is 14.6. The summed E-state index contributed by atoms with van der Waals surface area (Å²) in [5.41, 5.74) is 0.896. The molecule has 2 unspecified atom stereocenters. The third kappa shape index (κ3) is 2.69. The van der Waals surface area contributed by atoms with Crippen LogP contribution < -0.4 is 0 Å². The zero-order valence-electron chi connectivity index (χ0n) is 9.70. The van der Waals surface area contributed by atoms with E-state index in [1.807, 2.05) is 0 Å². The lowest BCUT2D eigenvalue weighted by molar-refractivity contribution is -0.109. The summed E-state index contributed by atoms with van der Waals surface area (Å²) in [5, 5.41) is 27.0. The van der Waals surface area contributed by atoms with Gasteiger partial charge in [-0.05, 0) is 12.1 Å². The highest BCUT2D eigenvalue weighted by molar-refractivity contribution is 8.13. The van der Waals surface area contributed by atoms with Crippen LogP contribution in [-0.2, 0) is 4.79 Å². The lowest BCUT2D eigenvalue weighted by atomic mass is 10.1. The molecule has 0 bridgehead atoms. The number of hydrogen-bond donors (Lipinski definition) is 3. The molecule has 0 spiro atoms. The summed E-state index contributed by atoms with van der Waals surface area (Å²) in [5.74, 6) is 0.136. The van der Waals surface area contributed by atoms with Gasteiger partial charge in [-0.25, -0.2) is 4.98 Å². The van der Waals surface area contributed by atoms with E-state index >= 15 is 0 Å². The molecule has 2 aromatic rings. The Kier molecular flexibility index (Phi) is 3.95. The Bertz CT molecular complexity index is 557. The highest BCUT2D eigenvalue weighted by atomic mass is 32.2. The van der Waals surface area contributed by atoms with E-state index in [9.17, 15) is 15.0 Å². The molecule has 2 aromatic heterocycles. The van der Waals surface area contributed by atoms with Gasteiger partial charge in [0, 0.05) is 24.3 Å². The standard InChI is InChI=1S/C11H13N3O3S/c1-6(15)18-5-8(16)10(17)9-7-3-2-4-12-11(7)14-13-9/h2-4,8,10,16-17H,5H2,1H3,(H,12,13,14). The van der Waals surface area contributed by atoms with Crippen molar-refractivity contribution in [3.63, 3.8) is 0 Å². The topological polar surface area (TPSA) is 99.1 Å². The number of carbonyl (C=O) groups excluding carboxylic acids is 1. The maximum absolute atomic E-state index is 10.8. The van der Waals surface area contributed by atoms with Gasteiger partial charge in [0.25, 0.3) is 0 Å². The van der Waals surface area contributed by atoms with Gasteiger partial charge in [-0.1, -0.05) is 11.8 Å². The van der Waals surface area contributed by atoms with Gasteiger partial charge >= 0.3 is 0 Å². The minimum atomic E-state index is -1.12. The Labute approximate surface area is 107 Å². The molecule has 18 heavy (non-hydrogen) atoms. The maximum atomic E-state index is 10.8. The van der Waals surface area contributed by atoms with E-state index < -0.39 is 12.2 Å². The maximum Gasteiger partial charge on any atom is 0.185 e. The third-order valence-corrected chi connectivity index (χ3v) is 3.39.